The van der Waals surface area contributed by atoms with Gasteiger partial charge < -0.3 is 39.4 Å². The highest BCUT2D eigenvalue weighted by molar-refractivity contribution is 5.70. The largest absolute Gasteiger partial charge is 0.464 e. The smallest absolute Gasteiger partial charge is 0.407 e. The Balaban J connectivity index is 4.32. The van der Waals surface area contributed by atoms with Gasteiger partial charge in [0, 0.05) is 13.1 Å². The number of esters is 2. The summed E-state index contributed by atoms with van der Waals surface area (Å²) in [5.41, 5.74) is 0. The predicted octanol–water partition coefficient (Wildman–Crippen LogP) is 7.62. The van der Waals surface area contributed by atoms with E-state index >= 15 is 0 Å². The molecule has 2 unspecified atom stereocenters. The molecule has 0 bridgehead atoms. The molecule has 12 nitrogen and oxygen atoms in total. The van der Waals surface area contributed by atoms with Gasteiger partial charge in [0.15, 0.2) is 0 Å². The standard InChI is InChI=1S/C39H76N4O8/c1-7-11-13-15-17-19-22-34(9-3)50-38(46)40-26-32-48-36(44)24-30-43(29-21-28-42(5)6)31-25-37(45)49-33-27-41-39(47)51-35(10-4)23-20-18-16-14-12-8-2/h34-35H,7-33H2,1-6H3,(H,40,46)(H,41,47). The first-order valence-corrected chi connectivity index (χ1v) is 20.2. The van der Waals surface area contributed by atoms with Gasteiger partial charge in [-0.15, -0.1) is 0 Å². The number of rotatable bonds is 34. The number of nitrogens with zero attached hydrogens (tertiary/aromatic N) is 2. The molecular weight excluding hydrogens is 652 g/mol. The number of hydrogen-bond donors (Lipinski definition) is 2. The van der Waals surface area contributed by atoms with E-state index in [0.717, 1.165) is 64.3 Å². The maximum Gasteiger partial charge on any atom is 0.407 e. The van der Waals surface area contributed by atoms with E-state index in [-0.39, 0.29) is 63.3 Å². The van der Waals surface area contributed by atoms with Crippen molar-refractivity contribution in [2.45, 2.75) is 162 Å². The molecule has 0 aromatic rings. The molecule has 2 atom stereocenters. The molecule has 2 amide bonds. The van der Waals surface area contributed by atoms with E-state index < -0.39 is 12.2 Å². The molecule has 2 N–H and O–H groups in total. The molecule has 300 valence electrons. The van der Waals surface area contributed by atoms with E-state index in [1.165, 1.54) is 51.4 Å². The number of carbonyl (C=O) groups excluding carboxylic acids is 4. The molecule has 0 rings (SSSR count). The Morgan fingerprint density at radius 3 is 1.33 bits per heavy atom. The molecule has 0 aromatic heterocycles. The molecule has 0 saturated heterocycles. The van der Waals surface area contributed by atoms with E-state index in [2.05, 4.69) is 34.3 Å². The zero-order chi connectivity index (χ0) is 38.0. The monoisotopic (exact) mass is 729 g/mol. The van der Waals surface area contributed by atoms with Crippen molar-refractivity contribution in [3.05, 3.63) is 0 Å². The van der Waals surface area contributed by atoms with E-state index in [4.69, 9.17) is 18.9 Å². The van der Waals surface area contributed by atoms with Crippen LogP contribution in [0.4, 0.5) is 9.59 Å². The quantitative estimate of drug-likeness (QED) is 0.0387. The van der Waals surface area contributed by atoms with Crippen molar-refractivity contribution in [1.82, 2.24) is 20.4 Å². The highest BCUT2D eigenvalue weighted by atomic mass is 16.6. The Morgan fingerprint density at radius 2 is 0.941 bits per heavy atom. The fourth-order valence-electron chi connectivity index (χ4n) is 5.61. The Hall–Kier alpha value is -2.60. The maximum atomic E-state index is 12.4. The number of alkyl carbamates (subject to hydrolysis) is 2. The SMILES string of the molecule is CCCCCCCCC(CC)OC(=O)NCCOC(=O)CCN(CCCN(C)C)CCC(=O)OCCNC(=O)OC(CC)CCCCCCCC. The van der Waals surface area contributed by atoms with Crippen LogP contribution in [0.3, 0.4) is 0 Å². The lowest BCUT2D eigenvalue weighted by Gasteiger charge is -2.22. The lowest BCUT2D eigenvalue weighted by molar-refractivity contribution is -0.144. The van der Waals surface area contributed by atoms with Gasteiger partial charge in [-0.2, -0.15) is 0 Å². The Morgan fingerprint density at radius 1 is 0.529 bits per heavy atom. The predicted molar refractivity (Wildman–Crippen MR) is 204 cm³/mol. The minimum absolute atomic E-state index is 0.0644. The first-order valence-electron chi connectivity index (χ1n) is 20.2. The summed E-state index contributed by atoms with van der Waals surface area (Å²) in [6.45, 7) is 11.4. The van der Waals surface area contributed by atoms with Crippen LogP contribution in [-0.2, 0) is 28.5 Å². The number of carbonyl (C=O) groups is 4. The summed E-state index contributed by atoms with van der Waals surface area (Å²) in [5.74, 6) is -0.731. The topological polar surface area (TPSA) is 136 Å². The van der Waals surface area contributed by atoms with Gasteiger partial charge in [0.1, 0.15) is 25.4 Å². The average molecular weight is 729 g/mol. The zero-order valence-electron chi connectivity index (χ0n) is 33.4. The van der Waals surface area contributed by atoms with E-state index in [1.54, 1.807) is 0 Å². The molecule has 0 aliphatic heterocycles. The molecule has 0 spiro atoms. The van der Waals surface area contributed by atoms with Crippen molar-refractivity contribution in [2.24, 2.45) is 0 Å². The number of amides is 2. The van der Waals surface area contributed by atoms with Crippen LogP contribution in [0.5, 0.6) is 0 Å². The van der Waals surface area contributed by atoms with Gasteiger partial charge in [0.2, 0.25) is 0 Å². The van der Waals surface area contributed by atoms with Crippen molar-refractivity contribution in [2.75, 3.05) is 66.6 Å². The molecule has 12 heteroatoms. The van der Waals surface area contributed by atoms with Gasteiger partial charge in [-0.3, -0.25) is 9.59 Å². The molecule has 0 fully saturated rings. The second-order valence-electron chi connectivity index (χ2n) is 13.8. The first-order chi connectivity index (χ1) is 24.6. The van der Waals surface area contributed by atoms with Crippen molar-refractivity contribution in [1.29, 1.82) is 0 Å². The molecule has 51 heavy (non-hydrogen) atoms. The zero-order valence-corrected chi connectivity index (χ0v) is 33.4. The Bertz CT molecular complexity index is 814. The number of ether oxygens (including phenoxy) is 4. The fraction of sp³-hybridized carbons (Fsp3) is 0.897. The summed E-state index contributed by atoms with van der Waals surface area (Å²) in [5, 5.41) is 5.35. The van der Waals surface area contributed by atoms with Gasteiger partial charge >= 0.3 is 24.1 Å². The average Bonchev–Trinajstić information content (AvgIpc) is 3.11. The van der Waals surface area contributed by atoms with Gasteiger partial charge in [-0.1, -0.05) is 91.9 Å². The Kier molecular flexibility index (Phi) is 32.7. The van der Waals surface area contributed by atoms with E-state index in [1.807, 2.05) is 27.9 Å². The van der Waals surface area contributed by atoms with Crippen molar-refractivity contribution < 1.29 is 38.1 Å². The summed E-state index contributed by atoms with van der Waals surface area (Å²) in [4.78, 5) is 53.4. The van der Waals surface area contributed by atoms with Crippen molar-refractivity contribution in [3.8, 4) is 0 Å². The second kappa shape index (κ2) is 34.5. The van der Waals surface area contributed by atoms with Crippen LogP contribution in [0.25, 0.3) is 0 Å². The minimum Gasteiger partial charge on any atom is -0.464 e. The molecular formula is C39H76N4O8. The molecule has 0 aromatic carbocycles. The van der Waals surface area contributed by atoms with Crippen LogP contribution in [0.15, 0.2) is 0 Å². The molecule has 0 heterocycles. The molecule has 0 radical (unpaired) electrons. The van der Waals surface area contributed by atoms with Crippen LogP contribution in [-0.4, -0.2) is 113 Å². The summed E-state index contributed by atoms with van der Waals surface area (Å²) >= 11 is 0. The number of nitrogens with one attached hydrogen (secondary N) is 2. The minimum atomic E-state index is -0.484. The Labute approximate surface area is 310 Å². The second-order valence-corrected chi connectivity index (χ2v) is 13.8. The molecule has 0 saturated carbocycles. The van der Waals surface area contributed by atoms with Crippen molar-refractivity contribution in [3.63, 3.8) is 0 Å². The van der Waals surface area contributed by atoms with E-state index in [0.29, 0.717) is 19.6 Å². The van der Waals surface area contributed by atoms with E-state index in [9.17, 15) is 19.2 Å². The number of hydrogen-bond acceptors (Lipinski definition) is 10. The third-order valence-electron chi connectivity index (χ3n) is 8.83. The molecule has 0 aliphatic carbocycles. The highest BCUT2D eigenvalue weighted by Crippen LogP contribution is 2.14. The van der Waals surface area contributed by atoms with Gasteiger partial charge in [0.05, 0.1) is 25.9 Å². The lowest BCUT2D eigenvalue weighted by Crippen LogP contribution is -2.34. The fourth-order valence-corrected chi connectivity index (χ4v) is 5.61. The van der Waals surface area contributed by atoms with Gasteiger partial charge in [-0.25, -0.2) is 9.59 Å². The van der Waals surface area contributed by atoms with Crippen LogP contribution < -0.4 is 10.6 Å². The van der Waals surface area contributed by atoms with Crippen molar-refractivity contribution >= 4 is 24.1 Å². The lowest BCUT2D eigenvalue weighted by atomic mass is 10.1. The molecule has 0 aliphatic rings. The summed E-state index contributed by atoms with van der Waals surface area (Å²) < 4.78 is 21.7. The first kappa shape index (κ1) is 48.4. The van der Waals surface area contributed by atoms with Gasteiger partial charge in [-0.05, 0) is 72.1 Å². The number of unbranched alkanes of at least 4 members (excludes halogenated alkanes) is 10. The van der Waals surface area contributed by atoms with Crippen LogP contribution >= 0.6 is 0 Å². The third kappa shape index (κ3) is 31.8. The normalized spacial score (nSPS) is 12.4. The van der Waals surface area contributed by atoms with Crippen LogP contribution in [0, 0.1) is 0 Å². The van der Waals surface area contributed by atoms with Gasteiger partial charge in [0.25, 0.3) is 0 Å². The van der Waals surface area contributed by atoms with Crippen LogP contribution in [0.2, 0.25) is 0 Å². The maximum absolute atomic E-state index is 12.4. The third-order valence-corrected chi connectivity index (χ3v) is 8.83. The summed E-state index contributed by atoms with van der Waals surface area (Å²) in [7, 11) is 4.01. The summed E-state index contributed by atoms with van der Waals surface area (Å²) in [6, 6.07) is 0. The summed E-state index contributed by atoms with van der Waals surface area (Å²) in [6.07, 6.45) is 17.7. The van der Waals surface area contributed by atoms with Crippen LogP contribution in [0.1, 0.15) is 150 Å². The highest BCUT2D eigenvalue weighted by Gasteiger charge is 2.15.